The van der Waals surface area contributed by atoms with Gasteiger partial charge in [0.05, 0.1) is 11.1 Å². The van der Waals surface area contributed by atoms with Gasteiger partial charge in [0.25, 0.3) is 0 Å². The van der Waals surface area contributed by atoms with Crippen LogP contribution in [0.1, 0.15) is 86.9 Å². The highest BCUT2D eigenvalue weighted by Gasteiger charge is 2.34. The van der Waals surface area contributed by atoms with Crippen LogP contribution >= 0.6 is 0 Å². The number of benzene rings is 2. The van der Waals surface area contributed by atoms with E-state index in [2.05, 4.69) is 41.7 Å². The molecule has 5 heteroatoms. The topological polar surface area (TPSA) is 82.5 Å². The number of pyridine rings is 1. The molecule has 5 nitrogen and oxygen atoms in total. The van der Waals surface area contributed by atoms with Crippen molar-refractivity contribution in [2.75, 3.05) is 11.9 Å². The van der Waals surface area contributed by atoms with E-state index < -0.39 is 11.4 Å². The predicted molar refractivity (Wildman–Crippen MR) is 162 cm³/mol. The van der Waals surface area contributed by atoms with E-state index >= 15 is 0 Å². The summed E-state index contributed by atoms with van der Waals surface area (Å²) >= 11 is 0. The second-order valence-electron chi connectivity index (χ2n) is 10.5. The van der Waals surface area contributed by atoms with Gasteiger partial charge in [-0.15, -0.1) is 0 Å². The fraction of sp³-hybridized carbons (Fsp3) is 0.412. The summed E-state index contributed by atoms with van der Waals surface area (Å²) in [4.78, 5) is 16.6. The second kappa shape index (κ2) is 15.1. The summed E-state index contributed by atoms with van der Waals surface area (Å²) < 4.78 is 0. The summed E-state index contributed by atoms with van der Waals surface area (Å²) in [6.45, 7) is 6.47. The lowest BCUT2D eigenvalue weighted by atomic mass is 9.79. The molecular formula is C34H44N2O3. The molecule has 0 fully saturated rings. The van der Waals surface area contributed by atoms with E-state index in [9.17, 15) is 15.0 Å². The van der Waals surface area contributed by atoms with Crippen molar-refractivity contribution in [2.45, 2.75) is 78.6 Å². The number of nitrogens with zero attached hydrogens (tertiary/aromatic N) is 1. The molecule has 3 rings (SSSR count). The Balaban J connectivity index is 1.44. The number of aromatic nitrogens is 1. The van der Waals surface area contributed by atoms with Gasteiger partial charge in [0.1, 0.15) is 5.75 Å². The van der Waals surface area contributed by atoms with Crippen LogP contribution in [0, 0.1) is 12.3 Å². The normalized spacial score (nSPS) is 11.7. The molecule has 0 aliphatic heterocycles. The second-order valence-corrected chi connectivity index (χ2v) is 10.5. The smallest absolute Gasteiger partial charge is 0.309 e. The van der Waals surface area contributed by atoms with Crippen molar-refractivity contribution in [1.82, 2.24) is 4.98 Å². The minimum atomic E-state index is -0.707. The van der Waals surface area contributed by atoms with Crippen LogP contribution in [0.2, 0.25) is 0 Å². The number of carboxylic acids is 1. The molecule has 3 N–H and O–H groups in total. The maximum absolute atomic E-state index is 11.7. The number of carbonyl (C=O) groups is 1. The number of anilines is 1. The molecule has 0 saturated heterocycles. The number of carboxylic acid groups (broad SMARTS) is 1. The molecule has 0 aliphatic rings. The van der Waals surface area contributed by atoms with Gasteiger partial charge in [-0.2, -0.15) is 0 Å². The largest absolute Gasteiger partial charge is 0.508 e. The number of hydrogen-bond donors (Lipinski definition) is 3. The first kappa shape index (κ1) is 29.9. The minimum Gasteiger partial charge on any atom is -0.508 e. The van der Waals surface area contributed by atoms with Gasteiger partial charge in [-0.1, -0.05) is 63.1 Å². The zero-order valence-corrected chi connectivity index (χ0v) is 23.7. The van der Waals surface area contributed by atoms with E-state index in [1.165, 1.54) is 18.4 Å². The van der Waals surface area contributed by atoms with E-state index in [-0.39, 0.29) is 0 Å². The molecule has 0 atom stereocenters. The maximum atomic E-state index is 11.7. The number of unbranched alkanes of at least 4 members (excludes halogenated alkanes) is 3. The molecule has 1 heterocycles. The first-order valence-corrected chi connectivity index (χ1v) is 14.3. The predicted octanol–water partition coefficient (Wildman–Crippen LogP) is 8.30. The number of aliphatic carboxylic acids is 1. The van der Waals surface area contributed by atoms with E-state index in [1.807, 2.05) is 51.1 Å². The Morgan fingerprint density at radius 3 is 2.38 bits per heavy atom. The van der Waals surface area contributed by atoms with Gasteiger partial charge in [0.15, 0.2) is 0 Å². The Morgan fingerprint density at radius 2 is 1.67 bits per heavy atom. The molecule has 208 valence electrons. The number of hydrogen-bond acceptors (Lipinski definition) is 4. The first-order valence-electron chi connectivity index (χ1n) is 14.3. The number of nitrogens with one attached hydrogen (secondary N) is 1. The molecule has 0 aliphatic carbocycles. The van der Waals surface area contributed by atoms with Crippen molar-refractivity contribution in [2.24, 2.45) is 5.41 Å². The molecule has 39 heavy (non-hydrogen) atoms. The van der Waals surface area contributed by atoms with Crippen molar-refractivity contribution in [3.05, 3.63) is 88.7 Å². The highest BCUT2D eigenvalue weighted by Crippen LogP contribution is 2.31. The zero-order valence-electron chi connectivity index (χ0n) is 23.7. The third-order valence-electron chi connectivity index (χ3n) is 7.81. The molecule has 0 amide bonds. The summed E-state index contributed by atoms with van der Waals surface area (Å²) in [6.07, 6.45) is 12.7. The standard InChI is InChI=1S/C34H44N2O3/c1-4-34(5-2,33(38)39)22-23-35-31-17-10-13-28(25-31)18-20-30-16-11-15-29(36-30)14-9-7-6-8-12-27-19-21-32(37)26(3)24-27/h10-11,13,15-21,24-25,35,37H,4-9,12,14,22-23H2,1-3H3,(H,38,39). The van der Waals surface area contributed by atoms with Crippen molar-refractivity contribution in [3.8, 4) is 5.75 Å². The summed E-state index contributed by atoms with van der Waals surface area (Å²) in [6, 6.07) is 20.3. The minimum absolute atomic E-state index is 0.369. The summed E-state index contributed by atoms with van der Waals surface area (Å²) in [5, 5.41) is 22.7. The molecule has 0 unspecified atom stereocenters. The molecule has 3 aromatic rings. The number of aromatic hydroxyl groups is 1. The molecule has 0 bridgehead atoms. The number of aryl methyl sites for hydroxylation is 3. The first-order chi connectivity index (χ1) is 18.8. The number of phenolic OH excluding ortho intramolecular Hbond substituents is 1. The van der Waals surface area contributed by atoms with Gasteiger partial charge in [-0.05, 0) is 105 Å². The lowest BCUT2D eigenvalue weighted by Crippen LogP contribution is -2.31. The van der Waals surface area contributed by atoms with Crippen LogP contribution in [0.5, 0.6) is 5.75 Å². The van der Waals surface area contributed by atoms with E-state index in [0.29, 0.717) is 31.6 Å². The molecule has 2 aromatic carbocycles. The van der Waals surface area contributed by atoms with Crippen molar-refractivity contribution >= 4 is 23.8 Å². The van der Waals surface area contributed by atoms with Gasteiger partial charge in [0.2, 0.25) is 0 Å². The van der Waals surface area contributed by atoms with Crippen LogP contribution in [-0.2, 0) is 17.6 Å². The fourth-order valence-electron chi connectivity index (χ4n) is 4.99. The Bertz CT molecular complexity index is 1230. The molecule has 1 aromatic heterocycles. The lowest BCUT2D eigenvalue weighted by molar-refractivity contribution is -0.149. The average Bonchev–Trinajstić information content (AvgIpc) is 2.94. The van der Waals surface area contributed by atoms with Crippen molar-refractivity contribution < 1.29 is 15.0 Å². The quantitative estimate of drug-likeness (QED) is 0.163. The molecular weight excluding hydrogens is 484 g/mol. The van der Waals surface area contributed by atoms with Crippen molar-refractivity contribution in [3.63, 3.8) is 0 Å². The third-order valence-corrected chi connectivity index (χ3v) is 7.81. The Hall–Kier alpha value is -3.60. The highest BCUT2D eigenvalue weighted by atomic mass is 16.4. The van der Waals surface area contributed by atoms with Gasteiger partial charge < -0.3 is 15.5 Å². The highest BCUT2D eigenvalue weighted by molar-refractivity contribution is 5.74. The van der Waals surface area contributed by atoms with E-state index in [4.69, 9.17) is 4.98 Å². The number of rotatable bonds is 16. The summed E-state index contributed by atoms with van der Waals surface area (Å²) in [5.74, 6) is -0.338. The fourth-order valence-corrected chi connectivity index (χ4v) is 4.99. The Kier molecular flexibility index (Phi) is 11.6. The zero-order chi connectivity index (χ0) is 28.1. The Labute approximate surface area is 234 Å². The molecule has 0 radical (unpaired) electrons. The van der Waals surface area contributed by atoms with Crippen LogP contribution < -0.4 is 5.32 Å². The third kappa shape index (κ3) is 9.27. The monoisotopic (exact) mass is 528 g/mol. The van der Waals surface area contributed by atoms with E-state index in [1.54, 1.807) is 6.07 Å². The van der Waals surface area contributed by atoms with Crippen LogP contribution in [0.3, 0.4) is 0 Å². The van der Waals surface area contributed by atoms with Gasteiger partial charge >= 0.3 is 5.97 Å². The summed E-state index contributed by atoms with van der Waals surface area (Å²) in [5.41, 5.74) is 5.72. The SMILES string of the molecule is CCC(CC)(CCNc1cccc(C=Cc2cccc(CCCCCCc3ccc(O)c(C)c3)n2)c1)C(=O)O. The van der Waals surface area contributed by atoms with Crippen molar-refractivity contribution in [1.29, 1.82) is 0 Å². The number of phenols is 1. The van der Waals surface area contributed by atoms with Gasteiger partial charge in [-0.25, -0.2) is 0 Å². The lowest BCUT2D eigenvalue weighted by Gasteiger charge is -2.26. The maximum Gasteiger partial charge on any atom is 0.309 e. The van der Waals surface area contributed by atoms with Crippen LogP contribution in [0.15, 0.2) is 60.7 Å². The van der Waals surface area contributed by atoms with Crippen LogP contribution in [-0.4, -0.2) is 27.7 Å². The average molecular weight is 529 g/mol. The molecule has 0 saturated carbocycles. The van der Waals surface area contributed by atoms with Gasteiger partial charge in [0, 0.05) is 17.9 Å². The molecule has 0 spiro atoms. The van der Waals surface area contributed by atoms with Crippen LogP contribution in [0.25, 0.3) is 12.2 Å². The summed E-state index contributed by atoms with van der Waals surface area (Å²) in [7, 11) is 0. The van der Waals surface area contributed by atoms with E-state index in [0.717, 1.165) is 53.9 Å². The van der Waals surface area contributed by atoms with Crippen LogP contribution in [0.4, 0.5) is 5.69 Å². The Morgan fingerprint density at radius 1 is 0.923 bits per heavy atom. The van der Waals surface area contributed by atoms with Gasteiger partial charge in [-0.3, -0.25) is 9.78 Å².